The Morgan fingerprint density at radius 2 is 2.21 bits per heavy atom. The fourth-order valence-corrected chi connectivity index (χ4v) is 1.91. The Kier molecular flexibility index (Phi) is 1.84. The van der Waals surface area contributed by atoms with Gasteiger partial charge in [-0.1, -0.05) is 0 Å². The number of hydrogen-bond donors (Lipinski definition) is 0. The molecule has 0 aromatic carbocycles. The van der Waals surface area contributed by atoms with Crippen LogP contribution in [0.2, 0.25) is 0 Å². The number of aromatic nitrogens is 2. The van der Waals surface area contributed by atoms with Gasteiger partial charge >= 0.3 is 6.18 Å². The van der Waals surface area contributed by atoms with Gasteiger partial charge in [0.05, 0.1) is 0 Å². The second-order valence-electron chi connectivity index (χ2n) is 2.51. The van der Waals surface area contributed by atoms with Crippen LogP contribution in [0.5, 0.6) is 0 Å². The van der Waals surface area contributed by atoms with Crippen LogP contribution in [-0.4, -0.2) is 15.7 Å². The Morgan fingerprint density at radius 3 is 2.79 bits per heavy atom. The molecule has 3 nitrogen and oxygen atoms in total. The Hall–Kier alpha value is -1.37. The Balaban J connectivity index is 2.77. The van der Waals surface area contributed by atoms with Crippen LogP contribution < -0.4 is 0 Å². The van der Waals surface area contributed by atoms with Gasteiger partial charge < -0.3 is 0 Å². The van der Waals surface area contributed by atoms with Gasteiger partial charge in [-0.25, -0.2) is 4.98 Å². The van der Waals surface area contributed by atoms with Gasteiger partial charge in [0.15, 0.2) is 6.29 Å². The molecule has 0 amide bonds. The smallest absolute Gasteiger partial charge is 0.296 e. The average Bonchev–Trinajstić information content (AvgIpc) is 2.59. The molecule has 0 spiro atoms. The first-order valence-corrected chi connectivity index (χ1v) is 4.40. The van der Waals surface area contributed by atoms with E-state index in [0.29, 0.717) is 6.29 Å². The highest BCUT2D eigenvalue weighted by molar-refractivity contribution is 7.15. The number of imidazole rings is 1. The van der Waals surface area contributed by atoms with Crippen molar-refractivity contribution in [2.75, 3.05) is 0 Å². The third-order valence-corrected chi connectivity index (χ3v) is 2.53. The first-order chi connectivity index (χ1) is 6.54. The van der Waals surface area contributed by atoms with Crippen molar-refractivity contribution in [2.24, 2.45) is 0 Å². The van der Waals surface area contributed by atoms with E-state index in [1.165, 1.54) is 11.6 Å². The molecule has 0 aliphatic heterocycles. The molecule has 0 aliphatic carbocycles. The quantitative estimate of drug-likeness (QED) is 0.690. The molecule has 0 atom stereocenters. The lowest BCUT2D eigenvalue weighted by Gasteiger charge is -2.01. The number of rotatable bonds is 1. The van der Waals surface area contributed by atoms with E-state index in [-0.39, 0.29) is 10.5 Å². The first-order valence-electron chi connectivity index (χ1n) is 3.52. The maximum atomic E-state index is 12.4. The van der Waals surface area contributed by atoms with Crippen molar-refractivity contribution in [1.82, 2.24) is 9.38 Å². The lowest BCUT2D eigenvalue weighted by atomic mass is 10.5. The van der Waals surface area contributed by atoms with E-state index in [1.54, 1.807) is 0 Å². The summed E-state index contributed by atoms with van der Waals surface area (Å²) < 4.78 is 37.9. The molecule has 0 N–H and O–H groups in total. The van der Waals surface area contributed by atoms with Gasteiger partial charge in [-0.05, 0) is 0 Å². The van der Waals surface area contributed by atoms with Crippen molar-refractivity contribution in [3.63, 3.8) is 0 Å². The van der Waals surface area contributed by atoms with Crippen LogP contribution in [0, 0.1) is 0 Å². The Labute approximate surface area is 79.8 Å². The zero-order valence-corrected chi connectivity index (χ0v) is 7.39. The van der Waals surface area contributed by atoms with E-state index in [4.69, 9.17) is 0 Å². The van der Waals surface area contributed by atoms with Gasteiger partial charge in [-0.2, -0.15) is 13.2 Å². The number of carbonyl (C=O) groups is 1. The molecule has 7 heteroatoms. The molecule has 14 heavy (non-hydrogen) atoms. The molecule has 0 aliphatic rings. The van der Waals surface area contributed by atoms with E-state index >= 15 is 0 Å². The van der Waals surface area contributed by atoms with Crippen LogP contribution in [0.4, 0.5) is 13.2 Å². The molecule has 0 fully saturated rings. The standard InChI is InChI=1S/C7H3F3N2OS/c8-7(9,10)6-11-4(3-13)5-12(6)1-2-14-5/h1-3H. The van der Waals surface area contributed by atoms with Gasteiger partial charge in [0.1, 0.15) is 10.5 Å². The highest BCUT2D eigenvalue weighted by Gasteiger charge is 2.37. The Morgan fingerprint density at radius 1 is 1.50 bits per heavy atom. The summed E-state index contributed by atoms with van der Waals surface area (Å²) in [4.78, 5) is 13.9. The molecule has 2 rings (SSSR count). The van der Waals surface area contributed by atoms with E-state index < -0.39 is 12.0 Å². The summed E-state index contributed by atoms with van der Waals surface area (Å²) in [5, 5.41) is 1.47. The summed E-state index contributed by atoms with van der Waals surface area (Å²) in [7, 11) is 0. The summed E-state index contributed by atoms with van der Waals surface area (Å²) in [6.45, 7) is 0. The second-order valence-corrected chi connectivity index (χ2v) is 3.41. The summed E-state index contributed by atoms with van der Waals surface area (Å²) in [6.07, 6.45) is -2.98. The normalized spacial score (nSPS) is 12.2. The molecule has 2 aromatic rings. The van der Waals surface area contributed by atoms with Crippen LogP contribution >= 0.6 is 11.3 Å². The molecule has 0 saturated carbocycles. The molecule has 0 saturated heterocycles. The number of carbonyl (C=O) groups excluding carboxylic acids is 1. The number of fused-ring (bicyclic) bond motifs is 1. The SMILES string of the molecule is O=Cc1nc(C(F)(F)F)n2ccsc12. The summed E-state index contributed by atoms with van der Waals surface area (Å²) in [5.41, 5.74) is -0.174. The van der Waals surface area contributed by atoms with Gasteiger partial charge in [0.2, 0.25) is 5.82 Å². The van der Waals surface area contributed by atoms with E-state index in [0.717, 1.165) is 15.7 Å². The molecular formula is C7H3F3N2OS. The fourth-order valence-electron chi connectivity index (χ4n) is 1.12. The van der Waals surface area contributed by atoms with Crippen LogP contribution in [0.3, 0.4) is 0 Å². The largest absolute Gasteiger partial charge is 0.450 e. The third-order valence-electron chi connectivity index (χ3n) is 1.65. The van der Waals surface area contributed by atoms with Crippen molar-refractivity contribution in [3.05, 3.63) is 23.1 Å². The molecular weight excluding hydrogens is 217 g/mol. The minimum atomic E-state index is -4.54. The molecule has 0 radical (unpaired) electrons. The highest BCUT2D eigenvalue weighted by atomic mass is 32.1. The number of hydrogen-bond acceptors (Lipinski definition) is 3. The zero-order chi connectivity index (χ0) is 10.3. The van der Waals surface area contributed by atoms with Gasteiger partial charge in [0.25, 0.3) is 0 Å². The lowest BCUT2D eigenvalue weighted by molar-refractivity contribution is -0.145. The summed E-state index contributed by atoms with van der Waals surface area (Å²) in [6, 6.07) is 0. The number of alkyl halides is 3. The van der Waals surface area contributed by atoms with Crippen molar-refractivity contribution in [3.8, 4) is 0 Å². The zero-order valence-electron chi connectivity index (χ0n) is 6.58. The number of halogens is 3. The molecule has 2 aromatic heterocycles. The number of thiazole rings is 1. The third kappa shape index (κ3) is 1.20. The second kappa shape index (κ2) is 2.81. The minimum absolute atomic E-state index is 0.174. The van der Waals surface area contributed by atoms with Crippen LogP contribution in [0.1, 0.15) is 16.3 Å². The van der Waals surface area contributed by atoms with Crippen LogP contribution in [-0.2, 0) is 6.18 Å². The highest BCUT2D eigenvalue weighted by Crippen LogP contribution is 2.31. The van der Waals surface area contributed by atoms with Gasteiger partial charge in [-0.15, -0.1) is 11.3 Å². The Bertz CT molecular complexity index is 485. The fraction of sp³-hybridized carbons (Fsp3) is 0.143. The lowest BCUT2D eigenvalue weighted by Crippen LogP contribution is -2.09. The maximum Gasteiger partial charge on any atom is 0.450 e. The molecule has 0 bridgehead atoms. The minimum Gasteiger partial charge on any atom is -0.296 e. The number of nitrogens with zero attached hydrogens (tertiary/aromatic N) is 2. The summed E-state index contributed by atoms with van der Waals surface area (Å²) >= 11 is 1.04. The van der Waals surface area contributed by atoms with Gasteiger partial charge in [-0.3, -0.25) is 9.20 Å². The van der Waals surface area contributed by atoms with Crippen molar-refractivity contribution >= 4 is 22.5 Å². The van der Waals surface area contributed by atoms with Crippen molar-refractivity contribution < 1.29 is 18.0 Å². The molecule has 2 heterocycles. The topological polar surface area (TPSA) is 34.4 Å². The average molecular weight is 220 g/mol. The monoisotopic (exact) mass is 220 g/mol. The predicted molar refractivity (Wildman–Crippen MR) is 43.5 cm³/mol. The van der Waals surface area contributed by atoms with E-state index in [1.807, 2.05) is 0 Å². The first kappa shape index (κ1) is 9.20. The van der Waals surface area contributed by atoms with E-state index in [9.17, 15) is 18.0 Å². The maximum absolute atomic E-state index is 12.4. The predicted octanol–water partition coefficient (Wildman–Crippen LogP) is 2.23. The molecule has 74 valence electrons. The van der Waals surface area contributed by atoms with Crippen molar-refractivity contribution in [2.45, 2.75) is 6.18 Å². The van der Waals surface area contributed by atoms with E-state index in [2.05, 4.69) is 4.98 Å². The molecule has 0 unspecified atom stereocenters. The number of aldehydes is 1. The van der Waals surface area contributed by atoms with Gasteiger partial charge in [0, 0.05) is 11.6 Å². The van der Waals surface area contributed by atoms with Crippen LogP contribution in [0.15, 0.2) is 11.6 Å². The summed E-state index contributed by atoms with van der Waals surface area (Å²) in [5.74, 6) is -1.06. The van der Waals surface area contributed by atoms with Crippen LogP contribution in [0.25, 0.3) is 4.83 Å². The van der Waals surface area contributed by atoms with Crippen molar-refractivity contribution in [1.29, 1.82) is 0 Å².